The number of thiazole rings is 1. The summed E-state index contributed by atoms with van der Waals surface area (Å²) in [6.07, 6.45) is 6.54. The van der Waals surface area contributed by atoms with Crippen LogP contribution in [0, 0.1) is 19.8 Å². The molecule has 0 aliphatic carbocycles. The minimum Gasteiger partial charge on any atom is -0.342 e. The molecule has 0 saturated carbocycles. The second kappa shape index (κ2) is 7.75. The van der Waals surface area contributed by atoms with Crippen LogP contribution in [0.1, 0.15) is 60.0 Å². The lowest BCUT2D eigenvalue weighted by atomic mass is 9.92. The minimum absolute atomic E-state index is 0.359. The summed E-state index contributed by atoms with van der Waals surface area (Å²) in [7, 11) is 0. The highest BCUT2D eigenvalue weighted by molar-refractivity contribution is 7.11. The molecule has 1 N–H and O–H groups in total. The molecule has 2 aliphatic heterocycles. The number of aryl methyl sites for hydroxylation is 2. The highest BCUT2D eigenvalue weighted by Crippen LogP contribution is 2.31. The molecule has 2 aliphatic rings. The molecule has 1 atom stereocenters. The van der Waals surface area contributed by atoms with Crippen LogP contribution in [-0.2, 0) is 4.79 Å². The monoisotopic (exact) mass is 335 g/mol. The molecule has 3 rings (SSSR count). The molecule has 128 valence electrons. The van der Waals surface area contributed by atoms with Gasteiger partial charge in [-0.3, -0.25) is 4.79 Å². The fourth-order valence-corrected chi connectivity index (χ4v) is 4.78. The summed E-state index contributed by atoms with van der Waals surface area (Å²) < 4.78 is 0. The summed E-state index contributed by atoms with van der Waals surface area (Å²) in [6.45, 7) is 8.27. The van der Waals surface area contributed by atoms with E-state index in [-0.39, 0.29) is 0 Å². The van der Waals surface area contributed by atoms with Gasteiger partial charge < -0.3 is 10.2 Å². The Labute approximate surface area is 143 Å². The molecule has 1 aromatic heterocycles. The second-order valence-corrected chi connectivity index (χ2v) is 8.34. The van der Waals surface area contributed by atoms with Crippen LogP contribution >= 0.6 is 11.3 Å². The van der Waals surface area contributed by atoms with Gasteiger partial charge in [0.2, 0.25) is 5.91 Å². The first-order chi connectivity index (χ1) is 11.1. The maximum absolute atomic E-state index is 12.6. The molecule has 23 heavy (non-hydrogen) atoms. The van der Waals surface area contributed by atoms with Gasteiger partial charge in [-0.2, -0.15) is 0 Å². The summed E-state index contributed by atoms with van der Waals surface area (Å²) >= 11 is 1.81. The van der Waals surface area contributed by atoms with Crippen LogP contribution in [0.5, 0.6) is 0 Å². The zero-order valence-corrected chi connectivity index (χ0v) is 15.3. The van der Waals surface area contributed by atoms with E-state index in [1.165, 1.54) is 29.1 Å². The number of hydrogen-bond donors (Lipinski definition) is 1. The van der Waals surface area contributed by atoms with Crippen molar-refractivity contribution in [2.45, 2.75) is 58.3 Å². The Bertz CT molecular complexity index is 517. The van der Waals surface area contributed by atoms with Gasteiger partial charge in [-0.25, -0.2) is 4.98 Å². The van der Waals surface area contributed by atoms with Gasteiger partial charge in [0.25, 0.3) is 0 Å². The van der Waals surface area contributed by atoms with Crippen LogP contribution in [0.4, 0.5) is 0 Å². The molecule has 0 aromatic carbocycles. The summed E-state index contributed by atoms with van der Waals surface area (Å²) in [6, 6.07) is 0. The van der Waals surface area contributed by atoms with Crippen molar-refractivity contribution in [1.29, 1.82) is 0 Å². The Morgan fingerprint density at radius 3 is 2.78 bits per heavy atom. The van der Waals surface area contributed by atoms with Crippen molar-refractivity contribution in [2.24, 2.45) is 5.92 Å². The Hall–Kier alpha value is -0.940. The third-order valence-corrected chi connectivity index (χ3v) is 6.63. The second-order valence-electron chi connectivity index (χ2n) is 7.10. The molecule has 1 aromatic rings. The number of carbonyl (C=O) groups is 1. The van der Waals surface area contributed by atoms with Crippen LogP contribution in [0.25, 0.3) is 0 Å². The summed E-state index contributed by atoms with van der Waals surface area (Å²) in [5.41, 5.74) is 1.15. The number of amides is 1. The Morgan fingerprint density at radius 2 is 2.09 bits per heavy atom. The Kier molecular flexibility index (Phi) is 5.70. The van der Waals surface area contributed by atoms with Crippen molar-refractivity contribution in [2.75, 3.05) is 26.2 Å². The number of nitrogens with zero attached hydrogens (tertiary/aromatic N) is 2. The molecule has 3 heterocycles. The van der Waals surface area contributed by atoms with E-state index in [4.69, 9.17) is 4.98 Å². The molecule has 5 heteroatoms. The van der Waals surface area contributed by atoms with Crippen molar-refractivity contribution in [3.63, 3.8) is 0 Å². The zero-order valence-electron chi connectivity index (χ0n) is 14.4. The molecule has 4 nitrogen and oxygen atoms in total. The molecule has 1 unspecified atom stereocenters. The van der Waals surface area contributed by atoms with Crippen molar-refractivity contribution in [3.05, 3.63) is 15.6 Å². The predicted molar refractivity (Wildman–Crippen MR) is 95.0 cm³/mol. The Balaban J connectivity index is 1.52. The van der Waals surface area contributed by atoms with Gasteiger partial charge in [0.15, 0.2) is 0 Å². The number of hydrogen-bond acceptors (Lipinski definition) is 4. The normalized spacial score (nSPS) is 23.2. The van der Waals surface area contributed by atoms with E-state index < -0.39 is 0 Å². The predicted octanol–water partition coefficient (Wildman–Crippen LogP) is 3.25. The molecule has 2 saturated heterocycles. The number of carbonyl (C=O) groups excluding carboxylic acids is 1. The van der Waals surface area contributed by atoms with Crippen LogP contribution < -0.4 is 5.32 Å². The van der Waals surface area contributed by atoms with Gasteiger partial charge in [-0.1, -0.05) is 0 Å². The number of aromatic nitrogens is 1. The van der Waals surface area contributed by atoms with Crippen molar-refractivity contribution in [1.82, 2.24) is 15.2 Å². The number of piperidine rings is 2. The maximum Gasteiger partial charge on any atom is 0.222 e. The minimum atomic E-state index is 0.359. The van der Waals surface area contributed by atoms with E-state index in [0.717, 1.165) is 57.1 Å². The van der Waals surface area contributed by atoms with Crippen LogP contribution in [0.2, 0.25) is 0 Å². The van der Waals surface area contributed by atoms with Gasteiger partial charge in [-0.15, -0.1) is 11.3 Å². The van der Waals surface area contributed by atoms with E-state index in [2.05, 4.69) is 24.1 Å². The fourth-order valence-electron chi connectivity index (χ4n) is 3.73. The molecule has 0 radical (unpaired) electrons. The van der Waals surface area contributed by atoms with E-state index in [1.54, 1.807) is 0 Å². The van der Waals surface area contributed by atoms with Crippen molar-refractivity contribution < 1.29 is 4.79 Å². The zero-order chi connectivity index (χ0) is 16.2. The fraction of sp³-hybridized carbons (Fsp3) is 0.778. The first-order valence-electron chi connectivity index (χ1n) is 9.06. The van der Waals surface area contributed by atoms with Crippen LogP contribution in [-0.4, -0.2) is 42.0 Å². The highest BCUT2D eigenvalue weighted by atomic mass is 32.1. The standard InChI is InChI=1S/C18H29N3OS/c1-13-14(2)23-18(20-13)16-4-3-11-21(12-16)17(22)6-5-15-7-9-19-10-8-15/h15-16,19H,3-12H2,1-2H3. The number of likely N-dealkylation sites (tertiary alicyclic amines) is 1. The summed E-state index contributed by atoms with van der Waals surface area (Å²) in [4.78, 5) is 20.7. The number of nitrogens with one attached hydrogen (secondary N) is 1. The third-order valence-electron chi connectivity index (χ3n) is 5.39. The van der Waals surface area contributed by atoms with E-state index >= 15 is 0 Å². The van der Waals surface area contributed by atoms with Crippen LogP contribution in [0.15, 0.2) is 0 Å². The van der Waals surface area contributed by atoms with Crippen molar-refractivity contribution in [3.8, 4) is 0 Å². The van der Waals surface area contributed by atoms with Gasteiger partial charge in [-0.05, 0) is 65.0 Å². The summed E-state index contributed by atoms with van der Waals surface area (Å²) in [5.74, 6) is 1.55. The molecule has 0 spiro atoms. The topological polar surface area (TPSA) is 45.2 Å². The number of rotatable bonds is 4. The first kappa shape index (κ1) is 16.9. The summed E-state index contributed by atoms with van der Waals surface area (Å²) in [5, 5.41) is 4.63. The lowest BCUT2D eigenvalue weighted by molar-refractivity contribution is -0.132. The van der Waals surface area contributed by atoms with E-state index in [1.807, 2.05) is 11.3 Å². The molecule has 1 amide bonds. The average molecular weight is 336 g/mol. The molecule has 0 bridgehead atoms. The SMILES string of the molecule is Cc1nc(C2CCCN(C(=O)CCC3CCNCC3)C2)sc1C. The quantitative estimate of drug-likeness (QED) is 0.919. The molecular weight excluding hydrogens is 306 g/mol. The largest absolute Gasteiger partial charge is 0.342 e. The smallest absolute Gasteiger partial charge is 0.222 e. The van der Waals surface area contributed by atoms with Gasteiger partial charge in [0.1, 0.15) is 0 Å². The third kappa shape index (κ3) is 4.32. The van der Waals surface area contributed by atoms with E-state index in [9.17, 15) is 4.79 Å². The molecule has 2 fully saturated rings. The lowest BCUT2D eigenvalue weighted by Crippen LogP contribution is -2.39. The first-order valence-corrected chi connectivity index (χ1v) is 9.87. The van der Waals surface area contributed by atoms with Crippen LogP contribution in [0.3, 0.4) is 0 Å². The van der Waals surface area contributed by atoms with Gasteiger partial charge >= 0.3 is 0 Å². The maximum atomic E-state index is 12.6. The van der Waals surface area contributed by atoms with Gasteiger partial charge in [0.05, 0.1) is 10.7 Å². The van der Waals surface area contributed by atoms with E-state index in [0.29, 0.717) is 11.8 Å². The van der Waals surface area contributed by atoms with Crippen molar-refractivity contribution >= 4 is 17.2 Å². The average Bonchev–Trinajstić information content (AvgIpc) is 2.93. The van der Waals surface area contributed by atoms with Gasteiger partial charge in [0, 0.05) is 30.3 Å². The molecular formula is C18H29N3OS. The highest BCUT2D eigenvalue weighted by Gasteiger charge is 2.27. The Morgan fingerprint density at radius 1 is 1.30 bits per heavy atom. The lowest BCUT2D eigenvalue weighted by Gasteiger charge is -2.32.